The zero-order chi connectivity index (χ0) is 30.0. The summed E-state index contributed by atoms with van der Waals surface area (Å²) in [6.07, 6.45) is 4.44. The van der Waals surface area contributed by atoms with Crippen molar-refractivity contribution in [2.75, 3.05) is 67.5 Å². The van der Waals surface area contributed by atoms with Crippen LogP contribution in [0.25, 0.3) is 11.0 Å². The number of nitrogens with zero attached hydrogens (tertiary/aromatic N) is 6. The second-order valence-corrected chi connectivity index (χ2v) is 13.1. The van der Waals surface area contributed by atoms with Crippen LogP contribution in [-0.2, 0) is 14.8 Å². The van der Waals surface area contributed by atoms with E-state index >= 15 is 0 Å². The lowest BCUT2D eigenvalue weighted by atomic mass is 9.97. The van der Waals surface area contributed by atoms with Gasteiger partial charge in [0, 0.05) is 56.8 Å². The van der Waals surface area contributed by atoms with Gasteiger partial charge in [-0.05, 0) is 74.7 Å². The Labute approximate surface area is 252 Å². The van der Waals surface area contributed by atoms with Crippen molar-refractivity contribution >= 4 is 50.5 Å². The number of nitrogens with two attached hydrogens (primary N) is 1. The molecule has 0 radical (unpaired) electrons. The number of aldehydes is 1. The lowest BCUT2D eigenvalue weighted by molar-refractivity contribution is -0.108. The molecule has 4 aromatic rings. The van der Waals surface area contributed by atoms with Crippen molar-refractivity contribution in [2.45, 2.75) is 24.7 Å². The topological polar surface area (TPSA) is 130 Å². The first-order valence-corrected chi connectivity index (χ1v) is 16.2. The van der Waals surface area contributed by atoms with Crippen LogP contribution < -0.4 is 20.9 Å². The van der Waals surface area contributed by atoms with E-state index in [-0.39, 0.29) is 4.90 Å². The third kappa shape index (κ3) is 6.08. The number of aryl methyl sites for hydroxylation is 1. The van der Waals surface area contributed by atoms with Crippen LogP contribution in [0.1, 0.15) is 18.4 Å². The van der Waals surface area contributed by atoms with Gasteiger partial charge in [0.05, 0.1) is 16.8 Å². The SMILES string of the molecule is Cc1ccc(S(=O)(=O)n2ccc3c(N4CCC(CN)CC4)nc(Nc4ccc(N5CCN(CC=O)CC5)cc4)nc32)cc1. The highest BCUT2D eigenvalue weighted by molar-refractivity contribution is 7.90. The molecule has 2 saturated heterocycles. The van der Waals surface area contributed by atoms with Gasteiger partial charge in [0.15, 0.2) is 5.65 Å². The van der Waals surface area contributed by atoms with Gasteiger partial charge in [-0.1, -0.05) is 17.7 Å². The summed E-state index contributed by atoms with van der Waals surface area (Å²) < 4.78 is 28.7. The van der Waals surface area contributed by atoms with Gasteiger partial charge >= 0.3 is 0 Å². The first-order valence-electron chi connectivity index (χ1n) is 14.8. The molecule has 2 aromatic heterocycles. The normalized spacial score (nSPS) is 17.0. The first kappa shape index (κ1) is 29.1. The first-order chi connectivity index (χ1) is 20.9. The van der Waals surface area contributed by atoms with E-state index < -0.39 is 10.0 Å². The zero-order valence-corrected chi connectivity index (χ0v) is 25.2. The van der Waals surface area contributed by atoms with Crippen LogP contribution in [0.3, 0.4) is 0 Å². The fraction of sp³-hybridized carbons (Fsp3) is 0.387. The number of piperidine rings is 1. The number of fused-ring (bicyclic) bond motifs is 1. The molecule has 6 rings (SSSR count). The number of hydrogen-bond donors (Lipinski definition) is 2. The van der Waals surface area contributed by atoms with E-state index in [1.165, 1.54) is 3.97 Å². The Balaban J connectivity index is 1.31. The van der Waals surface area contributed by atoms with Crippen LogP contribution in [0, 0.1) is 12.8 Å². The van der Waals surface area contributed by atoms with E-state index in [1.807, 2.05) is 19.1 Å². The van der Waals surface area contributed by atoms with E-state index in [0.717, 1.165) is 75.3 Å². The van der Waals surface area contributed by atoms with Gasteiger partial charge < -0.3 is 25.6 Å². The summed E-state index contributed by atoms with van der Waals surface area (Å²) in [5, 5.41) is 4.01. The van der Waals surface area contributed by atoms with Crippen LogP contribution >= 0.6 is 0 Å². The quantitative estimate of drug-likeness (QED) is 0.276. The number of aromatic nitrogens is 3. The highest BCUT2D eigenvalue weighted by atomic mass is 32.2. The number of anilines is 4. The Morgan fingerprint density at radius 2 is 1.60 bits per heavy atom. The number of piperazine rings is 1. The standard InChI is InChI=1S/C31H38N8O3S/c1-23-2-8-27(9-3-23)43(41,42)39-15-12-28-29(38-13-10-24(22-32)11-14-38)34-31(35-30(28)39)33-25-4-6-26(7-5-25)37-18-16-36(17-19-37)20-21-40/h2-9,12,15,21,24H,10-11,13-14,16-20,22,32H2,1H3,(H,33,34,35). The molecule has 12 heteroatoms. The molecule has 4 heterocycles. The van der Waals surface area contributed by atoms with Crippen molar-refractivity contribution in [3.63, 3.8) is 0 Å². The van der Waals surface area contributed by atoms with Gasteiger partial charge in [0.1, 0.15) is 12.1 Å². The van der Waals surface area contributed by atoms with E-state index in [4.69, 9.17) is 15.7 Å². The Hall–Kier alpha value is -4.00. The average Bonchev–Trinajstić information content (AvgIpc) is 3.47. The van der Waals surface area contributed by atoms with E-state index in [1.54, 1.807) is 36.5 Å². The monoisotopic (exact) mass is 602 g/mol. The van der Waals surface area contributed by atoms with Gasteiger partial charge in [-0.15, -0.1) is 0 Å². The number of rotatable bonds is 9. The molecule has 2 aromatic carbocycles. The fourth-order valence-corrected chi connectivity index (χ4v) is 7.14. The Kier molecular flexibility index (Phi) is 8.33. The smallest absolute Gasteiger partial charge is 0.269 e. The van der Waals surface area contributed by atoms with Crippen LogP contribution in [0.4, 0.5) is 23.1 Å². The molecule has 11 nitrogen and oxygen atoms in total. The maximum Gasteiger partial charge on any atom is 0.269 e. The maximum atomic E-state index is 13.7. The fourth-order valence-electron chi connectivity index (χ4n) is 5.85. The molecule has 43 heavy (non-hydrogen) atoms. The molecular weight excluding hydrogens is 564 g/mol. The van der Waals surface area contributed by atoms with E-state index in [2.05, 4.69) is 32.1 Å². The Bertz CT molecular complexity index is 1670. The summed E-state index contributed by atoms with van der Waals surface area (Å²) in [6.45, 7) is 8.06. The lowest BCUT2D eigenvalue weighted by Gasteiger charge is -2.35. The molecule has 0 saturated carbocycles. The van der Waals surface area contributed by atoms with Crippen molar-refractivity contribution in [2.24, 2.45) is 11.7 Å². The number of benzene rings is 2. The van der Waals surface area contributed by atoms with E-state index in [9.17, 15) is 13.2 Å². The second kappa shape index (κ2) is 12.3. The van der Waals surface area contributed by atoms with Crippen LogP contribution in [0.2, 0.25) is 0 Å². The second-order valence-electron chi connectivity index (χ2n) is 11.3. The minimum atomic E-state index is -3.88. The summed E-state index contributed by atoms with van der Waals surface area (Å²) >= 11 is 0. The molecule has 0 unspecified atom stereocenters. The minimum absolute atomic E-state index is 0.205. The van der Waals surface area contributed by atoms with Crippen molar-refractivity contribution < 1.29 is 13.2 Å². The molecule has 2 aliphatic heterocycles. The van der Waals surface area contributed by atoms with Gasteiger partial charge in [-0.25, -0.2) is 12.4 Å². The Morgan fingerprint density at radius 3 is 2.26 bits per heavy atom. The summed E-state index contributed by atoms with van der Waals surface area (Å²) in [6, 6.07) is 16.7. The molecule has 0 spiro atoms. The molecule has 2 fully saturated rings. The van der Waals surface area contributed by atoms with E-state index in [0.29, 0.717) is 41.8 Å². The third-order valence-electron chi connectivity index (χ3n) is 8.51. The molecule has 3 N–H and O–H groups in total. The molecule has 0 bridgehead atoms. The van der Waals surface area contributed by atoms with Crippen LogP contribution in [0.15, 0.2) is 65.7 Å². The number of nitrogens with one attached hydrogen (secondary N) is 1. The number of carbonyl (C=O) groups excluding carboxylic acids is 1. The lowest BCUT2D eigenvalue weighted by Crippen LogP contribution is -2.46. The van der Waals surface area contributed by atoms with Crippen molar-refractivity contribution in [1.29, 1.82) is 0 Å². The summed E-state index contributed by atoms with van der Waals surface area (Å²) in [4.78, 5) is 27.3. The average molecular weight is 603 g/mol. The van der Waals surface area contributed by atoms with Crippen molar-refractivity contribution in [1.82, 2.24) is 18.8 Å². The van der Waals surface area contributed by atoms with Crippen LogP contribution in [-0.4, -0.2) is 85.9 Å². The third-order valence-corrected chi connectivity index (χ3v) is 10.2. The van der Waals surface area contributed by atoms with Crippen molar-refractivity contribution in [3.05, 3.63) is 66.4 Å². The van der Waals surface area contributed by atoms with Gasteiger partial charge in [0.2, 0.25) is 5.95 Å². The summed E-state index contributed by atoms with van der Waals surface area (Å²) in [5.41, 5.74) is 9.16. The number of hydrogen-bond acceptors (Lipinski definition) is 10. The van der Waals surface area contributed by atoms with Crippen molar-refractivity contribution in [3.8, 4) is 0 Å². The highest BCUT2D eigenvalue weighted by Crippen LogP contribution is 2.32. The molecule has 2 aliphatic rings. The van der Waals surface area contributed by atoms with Gasteiger partial charge in [0.25, 0.3) is 10.0 Å². The summed E-state index contributed by atoms with van der Waals surface area (Å²) in [5.74, 6) is 1.52. The van der Waals surface area contributed by atoms with Gasteiger partial charge in [-0.3, -0.25) is 4.90 Å². The predicted molar refractivity (Wildman–Crippen MR) is 170 cm³/mol. The summed E-state index contributed by atoms with van der Waals surface area (Å²) in [7, 11) is -3.88. The maximum absolute atomic E-state index is 13.7. The molecule has 226 valence electrons. The molecule has 0 amide bonds. The van der Waals surface area contributed by atoms with Crippen LogP contribution in [0.5, 0.6) is 0 Å². The molecule has 0 atom stereocenters. The number of carbonyl (C=O) groups is 1. The van der Waals surface area contributed by atoms with Gasteiger partial charge in [-0.2, -0.15) is 9.97 Å². The molecule has 0 aliphatic carbocycles. The Morgan fingerprint density at radius 1 is 0.907 bits per heavy atom. The largest absolute Gasteiger partial charge is 0.369 e. The highest BCUT2D eigenvalue weighted by Gasteiger charge is 2.26. The predicted octanol–water partition coefficient (Wildman–Crippen LogP) is 3.22. The zero-order valence-electron chi connectivity index (χ0n) is 24.4. The minimum Gasteiger partial charge on any atom is -0.369 e. The molecular formula is C31H38N8O3S.